The molecule has 0 spiro atoms. The number of carbonyl (C=O) groups is 2. The monoisotopic (exact) mass is 302 g/mol. The Bertz CT molecular complexity index is 700. The van der Waals surface area contributed by atoms with Crippen molar-refractivity contribution in [3.8, 4) is 0 Å². The van der Waals surface area contributed by atoms with Crippen molar-refractivity contribution < 1.29 is 14.3 Å². The first-order chi connectivity index (χ1) is 10.1. The molecule has 0 saturated heterocycles. The maximum Gasteiger partial charge on any atom is 0.339 e. The van der Waals surface area contributed by atoms with Gasteiger partial charge in [-0.25, -0.2) is 9.78 Å². The van der Waals surface area contributed by atoms with Gasteiger partial charge < -0.3 is 10.1 Å². The molecule has 0 aliphatic carbocycles. The van der Waals surface area contributed by atoms with E-state index in [0.29, 0.717) is 16.4 Å². The van der Waals surface area contributed by atoms with Crippen molar-refractivity contribution in [2.45, 2.75) is 12.5 Å². The zero-order chi connectivity index (χ0) is 14.8. The average Bonchev–Trinajstić information content (AvgIpc) is 2.78. The van der Waals surface area contributed by atoms with Gasteiger partial charge in [0.25, 0.3) is 0 Å². The van der Waals surface area contributed by atoms with E-state index in [2.05, 4.69) is 10.3 Å². The fraction of sp³-hybridized carbons (Fsp3) is 0.133. The van der Waals surface area contributed by atoms with E-state index in [0.717, 1.165) is 5.56 Å². The third-order valence-electron chi connectivity index (χ3n) is 3.16. The molecule has 1 amide bonds. The number of nitrogens with zero attached hydrogens (tertiary/aromatic N) is 1. The summed E-state index contributed by atoms with van der Waals surface area (Å²) in [6, 6.07) is 10.3. The van der Waals surface area contributed by atoms with Gasteiger partial charge in [0.15, 0.2) is 0 Å². The van der Waals surface area contributed by atoms with Crippen LogP contribution in [-0.2, 0) is 9.53 Å². The molecule has 1 atom stereocenters. The number of hydrogen-bond donors (Lipinski definition) is 1. The average molecular weight is 303 g/mol. The summed E-state index contributed by atoms with van der Waals surface area (Å²) in [5, 5.41) is 3.04. The molecule has 1 aromatic carbocycles. The minimum Gasteiger partial charge on any atom is -0.453 e. The summed E-state index contributed by atoms with van der Waals surface area (Å²) >= 11 is 5.68. The number of ether oxygens (including phenoxy) is 1. The molecule has 21 heavy (non-hydrogen) atoms. The second-order valence-electron chi connectivity index (χ2n) is 4.60. The van der Waals surface area contributed by atoms with Gasteiger partial charge in [-0.2, -0.15) is 0 Å². The van der Waals surface area contributed by atoms with E-state index in [9.17, 15) is 9.59 Å². The van der Waals surface area contributed by atoms with E-state index < -0.39 is 12.1 Å². The number of aromatic nitrogens is 1. The molecule has 1 N–H and O–H groups in total. The molecule has 0 unspecified atom stereocenters. The summed E-state index contributed by atoms with van der Waals surface area (Å²) in [7, 11) is 0. The molecule has 0 radical (unpaired) electrons. The van der Waals surface area contributed by atoms with Gasteiger partial charge in [-0.05, 0) is 18.2 Å². The van der Waals surface area contributed by atoms with Crippen molar-refractivity contribution in [3.63, 3.8) is 0 Å². The topological polar surface area (TPSA) is 68.3 Å². The minimum absolute atomic E-state index is 0.0609. The zero-order valence-electron chi connectivity index (χ0n) is 10.9. The number of rotatable bonds is 3. The fourth-order valence-electron chi connectivity index (χ4n) is 2.20. The highest BCUT2D eigenvalue weighted by atomic mass is 35.5. The van der Waals surface area contributed by atoms with Crippen LogP contribution in [0.5, 0.6) is 0 Å². The molecule has 2 aromatic rings. The summed E-state index contributed by atoms with van der Waals surface area (Å²) in [4.78, 5) is 27.6. The van der Waals surface area contributed by atoms with Gasteiger partial charge in [0.05, 0.1) is 23.9 Å². The van der Waals surface area contributed by atoms with Crippen LogP contribution in [0.15, 0.2) is 42.6 Å². The first-order valence-corrected chi connectivity index (χ1v) is 6.72. The summed E-state index contributed by atoms with van der Waals surface area (Å²) in [6.07, 6.45) is 0.981. The Kier molecular flexibility index (Phi) is 3.58. The molecule has 0 saturated carbocycles. The number of fused-ring (bicyclic) bond motifs is 1. The van der Waals surface area contributed by atoms with Gasteiger partial charge in [0, 0.05) is 5.56 Å². The number of hydrogen-bond acceptors (Lipinski definition) is 4. The van der Waals surface area contributed by atoms with Gasteiger partial charge in [-0.3, -0.25) is 4.79 Å². The van der Waals surface area contributed by atoms with E-state index in [1.807, 2.05) is 6.07 Å². The van der Waals surface area contributed by atoms with Gasteiger partial charge in [0.2, 0.25) is 5.91 Å². The predicted octanol–water partition coefficient (Wildman–Crippen LogP) is 2.98. The number of nitrogens with one attached hydrogen (secondary N) is 1. The van der Waals surface area contributed by atoms with Crippen LogP contribution in [0, 0.1) is 0 Å². The lowest BCUT2D eigenvalue weighted by molar-refractivity contribution is -0.118. The number of amides is 1. The van der Waals surface area contributed by atoms with Gasteiger partial charge in [-0.15, -0.1) is 0 Å². The first-order valence-electron chi connectivity index (χ1n) is 6.35. The Morgan fingerprint density at radius 1 is 1.29 bits per heavy atom. The van der Waals surface area contributed by atoms with E-state index in [1.165, 1.54) is 6.20 Å². The summed E-state index contributed by atoms with van der Waals surface area (Å²) in [6.45, 7) is 0. The van der Waals surface area contributed by atoms with Crippen molar-refractivity contribution in [2.24, 2.45) is 0 Å². The molecule has 3 rings (SSSR count). The molecule has 1 aliphatic rings. The maximum absolute atomic E-state index is 12.0. The van der Waals surface area contributed by atoms with Gasteiger partial charge >= 0.3 is 5.97 Å². The van der Waals surface area contributed by atoms with Crippen molar-refractivity contribution in [3.05, 3.63) is 58.9 Å². The van der Waals surface area contributed by atoms with E-state index in [4.69, 9.17) is 16.3 Å². The largest absolute Gasteiger partial charge is 0.453 e. The smallest absolute Gasteiger partial charge is 0.339 e. The molecule has 2 heterocycles. The van der Waals surface area contributed by atoms with Crippen LogP contribution < -0.4 is 5.32 Å². The normalized spacial score (nSPS) is 16.2. The van der Waals surface area contributed by atoms with Crippen LogP contribution in [0.1, 0.15) is 28.4 Å². The SMILES string of the molecule is O=C(C[C@H]1OC(=O)c2ccccc21)Nc1ccc(Cl)nc1. The number of cyclic esters (lactones) is 1. The van der Waals surface area contributed by atoms with Crippen molar-refractivity contribution in [1.82, 2.24) is 4.98 Å². The van der Waals surface area contributed by atoms with Crippen molar-refractivity contribution >= 4 is 29.2 Å². The highest BCUT2D eigenvalue weighted by Crippen LogP contribution is 2.32. The fourth-order valence-corrected chi connectivity index (χ4v) is 2.31. The highest BCUT2D eigenvalue weighted by Gasteiger charge is 2.31. The molecule has 5 nitrogen and oxygen atoms in total. The van der Waals surface area contributed by atoms with Crippen LogP contribution in [0.25, 0.3) is 0 Å². The predicted molar refractivity (Wildman–Crippen MR) is 77.1 cm³/mol. The summed E-state index contributed by atoms with van der Waals surface area (Å²) in [5.41, 5.74) is 1.80. The molecular formula is C15H11ClN2O3. The molecule has 0 bridgehead atoms. The van der Waals surface area contributed by atoms with Crippen LogP contribution >= 0.6 is 11.6 Å². The Morgan fingerprint density at radius 2 is 2.10 bits per heavy atom. The number of benzene rings is 1. The highest BCUT2D eigenvalue weighted by molar-refractivity contribution is 6.29. The Morgan fingerprint density at radius 3 is 2.86 bits per heavy atom. The van der Waals surface area contributed by atoms with E-state index in [1.54, 1.807) is 30.3 Å². The molecule has 106 valence electrons. The molecule has 0 fully saturated rings. The summed E-state index contributed by atoms with van der Waals surface area (Å²) in [5.74, 6) is -0.648. The number of carbonyl (C=O) groups excluding carboxylic acids is 2. The third-order valence-corrected chi connectivity index (χ3v) is 3.38. The maximum atomic E-state index is 12.0. The molecule has 6 heteroatoms. The van der Waals surface area contributed by atoms with Crippen LogP contribution in [0.4, 0.5) is 5.69 Å². The van der Waals surface area contributed by atoms with Crippen LogP contribution in [-0.4, -0.2) is 16.9 Å². The van der Waals surface area contributed by atoms with Crippen LogP contribution in [0.2, 0.25) is 5.15 Å². The Hall–Kier alpha value is -2.40. The standard InChI is InChI=1S/C15H11ClN2O3/c16-13-6-5-9(8-17-13)18-14(19)7-12-10-3-1-2-4-11(10)15(20)21-12/h1-6,8,12H,7H2,(H,18,19)/t12-/m1/s1. The third kappa shape index (κ3) is 2.87. The number of anilines is 1. The molecular weight excluding hydrogens is 292 g/mol. The van der Waals surface area contributed by atoms with Gasteiger partial charge in [0.1, 0.15) is 11.3 Å². The summed E-state index contributed by atoms with van der Waals surface area (Å²) < 4.78 is 5.22. The minimum atomic E-state index is -0.547. The lowest BCUT2D eigenvalue weighted by Gasteiger charge is -2.10. The van der Waals surface area contributed by atoms with Gasteiger partial charge in [-0.1, -0.05) is 29.8 Å². The van der Waals surface area contributed by atoms with Crippen LogP contribution in [0.3, 0.4) is 0 Å². The second-order valence-corrected chi connectivity index (χ2v) is 4.99. The number of pyridine rings is 1. The van der Waals surface area contributed by atoms with E-state index >= 15 is 0 Å². The lowest BCUT2D eigenvalue weighted by Crippen LogP contribution is -2.15. The number of halogens is 1. The molecule has 1 aromatic heterocycles. The van der Waals surface area contributed by atoms with Crippen molar-refractivity contribution in [1.29, 1.82) is 0 Å². The van der Waals surface area contributed by atoms with E-state index in [-0.39, 0.29) is 12.3 Å². The quantitative estimate of drug-likeness (QED) is 0.699. The Labute approximate surface area is 125 Å². The first kappa shape index (κ1) is 13.6. The zero-order valence-corrected chi connectivity index (χ0v) is 11.6. The Balaban J connectivity index is 1.69. The van der Waals surface area contributed by atoms with Crippen molar-refractivity contribution in [2.75, 3.05) is 5.32 Å². The second kappa shape index (κ2) is 5.54. The molecule has 1 aliphatic heterocycles. The number of esters is 1. The lowest BCUT2D eigenvalue weighted by atomic mass is 10.0.